The van der Waals surface area contributed by atoms with Crippen LogP contribution in [0.4, 0.5) is 10.5 Å². The molecular weight excluding hydrogens is 322 g/mol. The van der Waals surface area contributed by atoms with E-state index in [4.69, 9.17) is 5.11 Å². The molecule has 2 rings (SSSR count). The molecule has 7 nitrogen and oxygen atoms in total. The number of piperidine rings is 1. The Balaban J connectivity index is 1.94. The minimum atomic E-state index is -1.04. The van der Waals surface area contributed by atoms with Gasteiger partial charge in [0.25, 0.3) is 0 Å². The molecule has 1 fully saturated rings. The number of carboxylic acid groups (broad SMARTS) is 1. The fourth-order valence-electron chi connectivity index (χ4n) is 2.75. The lowest BCUT2D eigenvalue weighted by atomic mass is 9.97. The van der Waals surface area contributed by atoms with E-state index in [2.05, 4.69) is 10.6 Å². The number of benzene rings is 1. The summed E-state index contributed by atoms with van der Waals surface area (Å²) in [6.07, 6.45) is 1.47. The van der Waals surface area contributed by atoms with E-state index in [1.165, 1.54) is 12.1 Å². The number of carboxylic acids is 1. The predicted octanol–water partition coefficient (Wildman–Crippen LogP) is 2.40. The topological polar surface area (TPSA) is 98.7 Å². The van der Waals surface area contributed by atoms with Crippen molar-refractivity contribution in [2.24, 2.45) is 11.8 Å². The number of carbonyl (C=O) groups is 3. The van der Waals surface area contributed by atoms with E-state index in [-0.39, 0.29) is 23.4 Å². The number of likely N-dealkylation sites (tertiary alicyclic amines) is 1. The normalized spacial score (nSPS) is 17.2. The number of rotatable bonds is 5. The van der Waals surface area contributed by atoms with E-state index in [9.17, 15) is 14.4 Å². The van der Waals surface area contributed by atoms with Crippen LogP contribution in [0.25, 0.3) is 0 Å². The van der Waals surface area contributed by atoms with Gasteiger partial charge in [0.15, 0.2) is 0 Å². The van der Waals surface area contributed by atoms with E-state index < -0.39 is 5.97 Å². The molecule has 0 spiro atoms. The van der Waals surface area contributed by atoms with E-state index in [1.54, 1.807) is 17.0 Å². The van der Waals surface area contributed by atoms with Crippen LogP contribution in [0.3, 0.4) is 0 Å². The SMILES string of the molecule is CC(C)CNC(=O)N1CCC[C@H](C(=O)Nc2cccc(C(=O)O)c2)C1. The first kappa shape index (κ1) is 18.8. The number of urea groups is 1. The van der Waals surface area contributed by atoms with Gasteiger partial charge in [-0.1, -0.05) is 19.9 Å². The second kappa shape index (κ2) is 8.50. The van der Waals surface area contributed by atoms with Crippen LogP contribution in [-0.2, 0) is 4.79 Å². The summed E-state index contributed by atoms with van der Waals surface area (Å²) in [6, 6.07) is 6.00. The molecule has 1 aromatic rings. The van der Waals surface area contributed by atoms with Crippen LogP contribution >= 0.6 is 0 Å². The zero-order chi connectivity index (χ0) is 18.4. The molecule has 1 aromatic carbocycles. The third-order valence-electron chi connectivity index (χ3n) is 4.12. The number of nitrogens with one attached hydrogen (secondary N) is 2. The maximum Gasteiger partial charge on any atom is 0.335 e. The maximum atomic E-state index is 12.5. The molecule has 1 aliphatic heterocycles. The van der Waals surface area contributed by atoms with Crippen LogP contribution in [0.15, 0.2) is 24.3 Å². The number of hydrogen-bond acceptors (Lipinski definition) is 3. The summed E-state index contributed by atoms with van der Waals surface area (Å²) in [5.74, 6) is -1.16. The monoisotopic (exact) mass is 347 g/mol. The third-order valence-corrected chi connectivity index (χ3v) is 4.12. The van der Waals surface area contributed by atoms with Crippen molar-refractivity contribution < 1.29 is 19.5 Å². The summed E-state index contributed by atoms with van der Waals surface area (Å²) in [5, 5.41) is 14.6. The van der Waals surface area contributed by atoms with Crippen LogP contribution in [0.1, 0.15) is 37.0 Å². The molecule has 3 N–H and O–H groups in total. The maximum absolute atomic E-state index is 12.5. The summed E-state index contributed by atoms with van der Waals surface area (Å²) < 4.78 is 0. The highest BCUT2D eigenvalue weighted by atomic mass is 16.4. The number of amides is 3. The van der Waals surface area contributed by atoms with Crippen LogP contribution < -0.4 is 10.6 Å². The van der Waals surface area contributed by atoms with Gasteiger partial charge in [-0.25, -0.2) is 9.59 Å². The van der Waals surface area contributed by atoms with Gasteiger partial charge in [-0.15, -0.1) is 0 Å². The van der Waals surface area contributed by atoms with E-state index in [1.807, 2.05) is 13.8 Å². The molecule has 3 amide bonds. The Morgan fingerprint density at radius 1 is 1.32 bits per heavy atom. The van der Waals surface area contributed by atoms with Crippen molar-refractivity contribution in [2.75, 3.05) is 25.0 Å². The van der Waals surface area contributed by atoms with Gasteiger partial charge in [-0.2, -0.15) is 0 Å². The summed E-state index contributed by atoms with van der Waals surface area (Å²) >= 11 is 0. The van der Waals surface area contributed by atoms with Crippen LogP contribution in [0, 0.1) is 11.8 Å². The predicted molar refractivity (Wildman–Crippen MR) is 94.6 cm³/mol. The van der Waals surface area contributed by atoms with E-state index in [0.29, 0.717) is 37.7 Å². The summed E-state index contributed by atoms with van der Waals surface area (Å²) in [4.78, 5) is 37.3. The molecule has 25 heavy (non-hydrogen) atoms. The molecule has 1 aliphatic rings. The number of hydrogen-bond donors (Lipinski definition) is 3. The Morgan fingerprint density at radius 3 is 2.76 bits per heavy atom. The largest absolute Gasteiger partial charge is 0.478 e. The van der Waals surface area contributed by atoms with Gasteiger partial charge in [0.1, 0.15) is 0 Å². The molecule has 0 aromatic heterocycles. The molecule has 0 aliphatic carbocycles. The first-order chi connectivity index (χ1) is 11.9. The fourth-order valence-corrected chi connectivity index (χ4v) is 2.75. The second-order valence-corrected chi connectivity index (χ2v) is 6.74. The lowest BCUT2D eigenvalue weighted by molar-refractivity contribution is -0.121. The Labute approximate surface area is 147 Å². The van der Waals surface area contributed by atoms with Gasteiger partial charge in [-0.05, 0) is 37.0 Å². The fraction of sp³-hybridized carbons (Fsp3) is 0.500. The van der Waals surface area contributed by atoms with Crippen molar-refractivity contribution in [3.8, 4) is 0 Å². The first-order valence-corrected chi connectivity index (χ1v) is 8.54. The molecule has 136 valence electrons. The minimum absolute atomic E-state index is 0.121. The molecule has 0 radical (unpaired) electrons. The summed E-state index contributed by atoms with van der Waals surface area (Å²) in [6.45, 7) is 5.67. The number of nitrogens with zero attached hydrogens (tertiary/aromatic N) is 1. The number of carbonyl (C=O) groups excluding carboxylic acids is 2. The molecule has 1 heterocycles. The van der Waals surface area contributed by atoms with Crippen molar-refractivity contribution in [3.05, 3.63) is 29.8 Å². The molecule has 0 unspecified atom stereocenters. The van der Waals surface area contributed by atoms with Crippen LogP contribution in [-0.4, -0.2) is 47.5 Å². The van der Waals surface area contributed by atoms with Gasteiger partial charge in [0.05, 0.1) is 11.5 Å². The van der Waals surface area contributed by atoms with Crippen molar-refractivity contribution in [1.82, 2.24) is 10.2 Å². The van der Waals surface area contributed by atoms with Crippen molar-refractivity contribution in [2.45, 2.75) is 26.7 Å². The van der Waals surface area contributed by atoms with Crippen molar-refractivity contribution in [1.29, 1.82) is 0 Å². The van der Waals surface area contributed by atoms with Gasteiger partial charge in [-0.3, -0.25) is 4.79 Å². The Kier molecular flexibility index (Phi) is 6.38. The second-order valence-electron chi connectivity index (χ2n) is 6.74. The lowest BCUT2D eigenvalue weighted by Crippen LogP contribution is -2.48. The Morgan fingerprint density at radius 2 is 2.08 bits per heavy atom. The van der Waals surface area contributed by atoms with Crippen molar-refractivity contribution >= 4 is 23.6 Å². The standard InChI is InChI=1S/C18H25N3O4/c1-12(2)10-19-18(25)21-8-4-6-14(11-21)16(22)20-15-7-3-5-13(9-15)17(23)24/h3,5,7,9,12,14H,4,6,8,10-11H2,1-2H3,(H,19,25)(H,20,22)(H,23,24)/t14-/m0/s1. The highest BCUT2D eigenvalue weighted by molar-refractivity contribution is 5.95. The smallest absolute Gasteiger partial charge is 0.335 e. The van der Waals surface area contributed by atoms with E-state index in [0.717, 1.165) is 6.42 Å². The van der Waals surface area contributed by atoms with E-state index >= 15 is 0 Å². The quantitative estimate of drug-likeness (QED) is 0.761. The molecule has 0 bridgehead atoms. The molecule has 1 atom stereocenters. The molecular formula is C18H25N3O4. The van der Waals surface area contributed by atoms with Crippen LogP contribution in [0.2, 0.25) is 0 Å². The van der Waals surface area contributed by atoms with Gasteiger partial charge < -0.3 is 20.6 Å². The number of aromatic carboxylic acids is 1. The molecule has 7 heteroatoms. The summed E-state index contributed by atoms with van der Waals surface area (Å²) in [5.41, 5.74) is 0.572. The lowest BCUT2D eigenvalue weighted by Gasteiger charge is -2.32. The van der Waals surface area contributed by atoms with Crippen LogP contribution in [0.5, 0.6) is 0 Å². The highest BCUT2D eigenvalue weighted by Crippen LogP contribution is 2.19. The Bertz CT molecular complexity index is 645. The molecule has 1 saturated heterocycles. The zero-order valence-corrected chi connectivity index (χ0v) is 14.6. The van der Waals surface area contributed by atoms with Crippen molar-refractivity contribution in [3.63, 3.8) is 0 Å². The molecule has 0 saturated carbocycles. The average Bonchev–Trinajstić information content (AvgIpc) is 2.60. The summed E-state index contributed by atoms with van der Waals surface area (Å²) in [7, 11) is 0. The highest BCUT2D eigenvalue weighted by Gasteiger charge is 2.28. The average molecular weight is 347 g/mol. The third kappa shape index (κ3) is 5.48. The van der Waals surface area contributed by atoms with Gasteiger partial charge in [0, 0.05) is 25.3 Å². The number of anilines is 1. The zero-order valence-electron chi connectivity index (χ0n) is 14.6. The minimum Gasteiger partial charge on any atom is -0.478 e. The van der Waals surface area contributed by atoms with Gasteiger partial charge in [0.2, 0.25) is 5.91 Å². The first-order valence-electron chi connectivity index (χ1n) is 8.54. The van der Waals surface area contributed by atoms with Gasteiger partial charge >= 0.3 is 12.0 Å². The Hall–Kier alpha value is -2.57.